The molecule has 0 saturated carbocycles. The predicted molar refractivity (Wildman–Crippen MR) is 48.6 cm³/mol. The third-order valence-electron chi connectivity index (χ3n) is 1.60. The number of rotatable bonds is 3. The summed E-state index contributed by atoms with van der Waals surface area (Å²) in [6.07, 6.45) is -0.0379. The molecule has 1 aromatic carbocycles. The predicted octanol–water partition coefficient (Wildman–Crippen LogP) is 1.72. The minimum absolute atomic E-state index is 0.0379. The summed E-state index contributed by atoms with van der Waals surface area (Å²) >= 11 is 0. The van der Waals surface area contributed by atoms with Gasteiger partial charge in [-0.3, -0.25) is 4.57 Å². The van der Waals surface area contributed by atoms with E-state index in [1.165, 1.54) is 19.2 Å². The molecule has 5 heteroatoms. The Morgan fingerprint density at radius 1 is 1.38 bits per heavy atom. The van der Waals surface area contributed by atoms with Crippen LogP contribution in [0, 0.1) is 0 Å². The van der Waals surface area contributed by atoms with E-state index in [1.807, 2.05) is 0 Å². The molecule has 0 fully saturated rings. The van der Waals surface area contributed by atoms with Crippen molar-refractivity contribution in [3.8, 4) is 5.75 Å². The molecule has 0 aromatic heterocycles. The summed E-state index contributed by atoms with van der Waals surface area (Å²) in [6, 6.07) is 6.09. The van der Waals surface area contributed by atoms with Crippen LogP contribution in [0.2, 0.25) is 0 Å². The molecule has 0 amide bonds. The summed E-state index contributed by atoms with van der Waals surface area (Å²) in [6.45, 7) is 0. The molecule has 0 radical (unpaired) electrons. The van der Waals surface area contributed by atoms with Gasteiger partial charge in [-0.15, -0.1) is 0 Å². The van der Waals surface area contributed by atoms with E-state index in [4.69, 9.17) is 10.00 Å². The van der Waals surface area contributed by atoms with Crippen LogP contribution in [0.5, 0.6) is 5.75 Å². The maximum Gasteiger partial charge on any atom is 0.332 e. The third kappa shape index (κ3) is 3.19. The summed E-state index contributed by atoms with van der Waals surface area (Å²) in [4.78, 5) is 9.12. The van der Waals surface area contributed by atoms with Gasteiger partial charge in [-0.1, -0.05) is 12.1 Å². The molecule has 72 valence electrons. The van der Waals surface area contributed by atoms with Gasteiger partial charge in [-0.2, -0.15) is 0 Å². The fourth-order valence-corrected chi connectivity index (χ4v) is 1.70. The van der Waals surface area contributed by atoms with Gasteiger partial charge in [-0.25, -0.2) is 0 Å². The molecule has 0 heterocycles. The van der Waals surface area contributed by atoms with Gasteiger partial charge in [0.05, 0.1) is 6.16 Å². The Bertz CT molecular complexity index is 319. The molecule has 0 aliphatic carbocycles. The summed E-state index contributed by atoms with van der Waals surface area (Å²) in [7, 11) is -2.30. The first-order valence-electron chi connectivity index (χ1n) is 3.69. The Kier molecular flexibility index (Phi) is 3.09. The zero-order valence-electron chi connectivity index (χ0n) is 7.17. The Hall–Kier alpha value is -0.830. The smallest absolute Gasteiger partial charge is 0.332 e. The van der Waals surface area contributed by atoms with E-state index in [2.05, 4.69) is 4.52 Å². The van der Waals surface area contributed by atoms with Gasteiger partial charge in [0.1, 0.15) is 5.75 Å². The molecular formula is C8H11O4P. The Morgan fingerprint density at radius 2 is 1.92 bits per heavy atom. The van der Waals surface area contributed by atoms with Crippen LogP contribution in [0.1, 0.15) is 5.56 Å². The highest BCUT2D eigenvalue weighted by molar-refractivity contribution is 7.51. The van der Waals surface area contributed by atoms with Crippen molar-refractivity contribution < 1.29 is 19.1 Å². The number of aromatic hydroxyl groups is 1. The van der Waals surface area contributed by atoms with Crippen LogP contribution in [-0.2, 0) is 15.3 Å². The SMILES string of the molecule is COP(=O)(O)Cc1ccc(O)cc1. The summed E-state index contributed by atoms with van der Waals surface area (Å²) < 4.78 is 15.5. The number of hydrogen-bond acceptors (Lipinski definition) is 3. The van der Waals surface area contributed by atoms with Crippen LogP contribution < -0.4 is 0 Å². The molecule has 0 aliphatic heterocycles. The average molecular weight is 202 g/mol. The van der Waals surface area contributed by atoms with Crippen molar-refractivity contribution in [2.45, 2.75) is 6.16 Å². The lowest BCUT2D eigenvalue weighted by atomic mass is 10.2. The molecule has 1 aromatic rings. The first-order valence-corrected chi connectivity index (χ1v) is 5.45. The fraction of sp³-hybridized carbons (Fsp3) is 0.250. The van der Waals surface area contributed by atoms with Crippen LogP contribution in [-0.4, -0.2) is 17.1 Å². The molecule has 0 spiro atoms. The Balaban J connectivity index is 2.75. The second-order valence-electron chi connectivity index (χ2n) is 2.64. The van der Waals surface area contributed by atoms with Crippen LogP contribution in [0.25, 0.3) is 0 Å². The maximum absolute atomic E-state index is 11.1. The van der Waals surface area contributed by atoms with Crippen molar-refractivity contribution in [1.29, 1.82) is 0 Å². The van der Waals surface area contributed by atoms with E-state index in [9.17, 15) is 4.57 Å². The zero-order valence-corrected chi connectivity index (χ0v) is 8.07. The molecule has 2 N–H and O–H groups in total. The van der Waals surface area contributed by atoms with E-state index in [1.54, 1.807) is 12.1 Å². The van der Waals surface area contributed by atoms with E-state index in [-0.39, 0.29) is 11.9 Å². The number of benzene rings is 1. The van der Waals surface area contributed by atoms with Gasteiger partial charge in [0, 0.05) is 7.11 Å². The molecule has 0 aliphatic rings. The van der Waals surface area contributed by atoms with Crippen molar-refractivity contribution in [1.82, 2.24) is 0 Å². The lowest BCUT2D eigenvalue weighted by molar-refractivity contribution is 0.314. The van der Waals surface area contributed by atoms with Gasteiger partial charge in [0.2, 0.25) is 0 Å². The van der Waals surface area contributed by atoms with Gasteiger partial charge in [0.25, 0.3) is 0 Å². The molecule has 1 rings (SSSR count). The van der Waals surface area contributed by atoms with Crippen molar-refractivity contribution >= 4 is 7.60 Å². The second-order valence-corrected chi connectivity index (χ2v) is 4.60. The van der Waals surface area contributed by atoms with E-state index in [0.717, 1.165) is 0 Å². The molecule has 4 nitrogen and oxygen atoms in total. The van der Waals surface area contributed by atoms with Gasteiger partial charge >= 0.3 is 7.60 Å². The highest BCUT2D eigenvalue weighted by Crippen LogP contribution is 2.44. The lowest BCUT2D eigenvalue weighted by Crippen LogP contribution is -1.89. The third-order valence-corrected chi connectivity index (χ3v) is 2.94. The number of phenolic OH excluding ortho intramolecular Hbond substituents is 1. The van der Waals surface area contributed by atoms with Gasteiger partial charge in [-0.05, 0) is 17.7 Å². The fourth-order valence-electron chi connectivity index (χ4n) is 0.897. The normalized spacial score (nSPS) is 15.2. The summed E-state index contributed by atoms with van der Waals surface area (Å²) in [5.74, 6) is 0.133. The largest absolute Gasteiger partial charge is 0.508 e. The van der Waals surface area contributed by atoms with Gasteiger partial charge < -0.3 is 14.5 Å². The molecule has 1 unspecified atom stereocenters. The second kappa shape index (κ2) is 3.92. The van der Waals surface area contributed by atoms with E-state index >= 15 is 0 Å². The minimum Gasteiger partial charge on any atom is -0.508 e. The van der Waals surface area contributed by atoms with Crippen molar-refractivity contribution in [2.24, 2.45) is 0 Å². The summed E-state index contributed by atoms with van der Waals surface area (Å²) in [5, 5.41) is 8.95. The standard InChI is InChI=1S/C8H11O4P/c1-12-13(10,11)6-7-2-4-8(9)5-3-7/h2-5,9H,6H2,1H3,(H,10,11). The van der Waals surface area contributed by atoms with Crippen LogP contribution in [0.3, 0.4) is 0 Å². The minimum atomic E-state index is -3.49. The van der Waals surface area contributed by atoms with Crippen LogP contribution >= 0.6 is 7.60 Å². The summed E-state index contributed by atoms with van der Waals surface area (Å²) in [5.41, 5.74) is 0.658. The van der Waals surface area contributed by atoms with Crippen LogP contribution in [0.4, 0.5) is 0 Å². The molecule has 0 saturated heterocycles. The quantitative estimate of drug-likeness (QED) is 0.732. The maximum atomic E-state index is 11.1. The number of hydrogen-bond donors (Lipinski definition) is 2. The Labute approximate surface area is 76.3 Å². The molecular weight excluding hydrogens is 191 g/mol. The molecule has 13 heavy (non-hydrogen) atoms. The highest BCUT2D eigenvalue weighted by atomic mass is 31.2. The lowest BCUT2D eigenvalue weighted by Gasteiger charge is -2.08. The van der Waals surface area contributed by atoms with E-state index in [0.29, 0.717) is 5.56 Å². The van der Waals surface area contributed by atoms with Crippen LogP contribution in [0.15, 0.2) is 24.3 Å². The van der Waals surface area contributed by atoms with Crippen molar-refractivity contribution in [3.63, 3.8) is 0 Å². The average Bonchev–Trinajstić information content (AvgIpc) is 2.09. The van der Waals surface area contributed by atoms with Crippen molar-refractivity contribution in [3.05, 3.63) is 29.8 Å². The molecule has 0 bridgehead atoms. The Morgan fingerprint density at radius 3 is 2.38 bits per heavy atom. The highest BCUT2D eigenvalue weighted by Gasteiger charge is 2.17. The van der Waals surface area contributed by atoms with Crippen molar-refractivity contribution in [2.75, 3.05) is 7.11 Å². The monoisotopic (exact) mass is 202 g/mol. The van der Waals surface area contributed by atoms with E-state index < -0.39 is 7.60 Å². The topological polar surface area (TPSA) is 66.8 Å². The molecule has 1 atom stereocenters. The number of phenols is 1. The first kappa shape index (κ1) is 10.3. The first-order chi connectivity index (χ1) is 6.03. The van der Waals surface area contributed by atoms with Gasteiger partial charge in [0.15, 0.2) is 0 Å². The zero-order chi connectivity index (χ0) is 9.90.